The molecule has 0 radical (unpaired) electrons. The highest BCUT2D eigenvalue weighted by Crippen LogP contribution is 2.37. The molecule has 168 valence electrons. The zero-order valence-electron chi connectivity index (χ0n) is 20.4. The van der Waals surface area contributed by atoms with Crippen LogP contribution in [0.3, 0.4) is 0 Å². The lowest BCUT2D eigenvalue weighted by Gasteiger charge is -2.37. The van der Waals surface area contributed by atoms with E-state index in [4.69, 9.17) is 0 Å². The van der Waals surface area contributed by atoms with Gasteiger partial charge in [-0.3, -0.25) is 4.98 Å². The third-order valence-corrected chi connectivity index (χ3v) is 7.07. The lowest BCUT2D eigenvalue weighted by molar-refractivity contribution is 1.28. The van der Waals surface area contributed by atoms with Gasteiger partial charge < -0.3 is 4.90 Å². The molecule has 0 aliphatic carbocycles. The molecule has 5 aromatic rings. The van der Waals surface area contributed by atoms with Crippen LogP contribution in [-0.2, 0) is 0 Å². The molecule has 0 unspecified atom stereocenters. The Balaban J connectivity index is 1.58. The summed E-state index contributed by atoms with van der Waals surface area (Å²) in [5.41, 5.74) is 13.8. The van der Waals surface area contributed by atoms with Crippen molar-refractivity contribution in [3.63, 3.8) is 0 Å². The van der Waals surface area contributed by atoms with Gasteiger partial charge in [0.15, 0.2) is 0 Å². The lowest BCUT2D eigenvalue weighted by atomic mass is 9.34. The summed E-state index contributed by atoms with van der Waals surface area (Å²) in [6.45, 7) is 6.88. The molecular weight excluding hydrogens is 423 g/mol. The summed E-state index contributed by atoms with van der Waals surface area (Å²) in [4.78, 5) is 6.99. The van der Waals surface area contributed by atoms with Crippen LogP contribution in [0.1, 0.15) is 16.7 Å². The van der Waals surface area contributed by atoms with Gasteiger partial charge in [0.2, 0.25) is 6.71 Å². The van der Waals surface area contributed by atoms with Crippen molar-refractivity contribution < 1.29 is 0 Å². The van der Waals surface area contributed by atoms with E-state index in [2.05, 4.69) is 122 Å². The molecule has 4 aromatic carbocycles. The van der Waals surface area contributed by atoms with Gasteiger partial charge in [0.1, 0.15) is 0 Å². The van der Waals surface area contributed by atoms with Crippen molar-refractivity contribution in [2.45, 2.75) is 20.8 Å². The predicted molar refractivity (Wildman–Crippen MR) is 150 cm³/mol. The van der Waals surface area contributed by atoms with Gasteiger partial charge in [0, 0.05) is 28.8 Å². The highest BCUT2D eigenvalue weighted by molar-refractivity contribution is 6.98. The highest BCUT2D eigenvalue weighted by Gasteiger charge is 2.36. The van der Waals surface area contributed by atoms with E-state index in [1.165, 1.54) is 44.5 Å². The Bertz CT molecular complexity index is 1470. The van der Waals surface area contributed by atoms with E-state index in [-0.39, 0.29) is 6.71 Å². The van der Waals surface area contributed by atoms with Crippen LogP contribution in [0, 0.1) is 20.8 Å². The zero-order valence-corrected chi connectivity index (χ0v) is 20.4. The number of nitrogens with zero attached hydrogens (tertiary/aromatic N) is 2. The maximum absolute atomic E-state index is 4.58. The number of aryl methyl sites for hydroxylation is 3. The molecule has 0 amide bonds. The van der Waals surface area contributed by atoms with Gasteiger partial charge in [0.05, 0.1) is 5.69 Å². The topological polar surface area (TPSA) is 16.1 Å². The second-order valence-corrected chi connectivity index (χ2v) is 9.46. The molecule has 0 saturated carbocycles. The minimum Gasteiger partial charge on any atom is -0.312 e. The van der Waals surface area contributed by atoms with Crippen molar-refractivity contribution in [2.75, 3.05) is 4.90 Å². The molecular formula is C32H27BN2. The Labute approximate surface area is 208 Å². The van der Waals surface area contributed by atoms with E-state index in [1.807, 2.05) is 18.3 Å². The lowest BCUT2D eigenvalue weighted by Crippen LogP contribution is -2.58. The molecule has 0 atom stereocenters. The maximum atomic E-state index is 4.58. The quantitative estimate of drug-likeness (QED) is 0.309. The fourth-order valence-electron chi connectivity index (χ4n) is 5.74. The molecule has 1 aliphatic heterocycles. The van der Waals surface area contributed by atoms with E-state index in [1.54, 1.807) is 0 Å². The molecule has 6 rings (SSSR count). The van der Waals surface area contributed by atoms with Crippen molar-refractivity contribution in [3.8, 4) is 11.3 Å². The van der Waals surface area contributed by atoms with Crippen LogP contribution >= 0.6 is 0 Å². The smallest absolute Gasteiger partial charge is 0.247 e. The first kappa shape index (κ1) is 21.4. The Hall–Kier alpha value is -4.11. The molecule has 0 fully saturated rings. The second-order valence-electron chi connectivity index (χ2n) is 9.46. The monoisotopic (exact) mass is 450 g/mol. The summed E-state index contributed by atoms with van der Waals surface area (Å²) >= 11 is 0. The third kappa shape index (κ3) is 3.64. The number of pyridine rings is 1. The van der Waals surface area contributed by atoms with Crippen LogP contribution in [0.15, 0.2) is 109 Å². The van der Waals surface area contributed by atoms with Crippen molar-refractivity contribution in [2.24, 2.45) is 0 Å². The number of rotatable bonds is 3. The van der Waals surface area contributed by atoms with E-state index in [9.17, 15) is 0 Å². The van der Waals surface area contributed by atoms with Gasteiger partial charge in [-0.25, -0.2) is 0 Å². The SMILES string of the molecule is Cc1cc(C)c(B2c3ccccc3N(c3cccc(-c4ccccn4)c3)c3ccccc32)c(C)c1. The molecule has 0 saturated heterocycles. The molecule has 1 aliphatic rings. The third-order valence-electron chi connectivity index (χ3n) is 7.07. The molecule has 3 heteroatoms. The van der Waals surface area contributed by atoms with Gasteiger partial charge in [-0.15, -0.1) is 0 Å². The Morgan fingerprint density at radius 3 is 1.89 bits per heavy atom. The first-order chi connectivity index (χ1) is 17.1. The van der Waals surface area contributed by atoms with Gasteiger partial charge in [-0.1, -0.05) is 88.9 Å². The van der Waals surface area contributed by atoms with Crippen LogP contribution in [0.5, 0.6) is 0 Å². The standard InChI is InChI=1S/C32H27BN2/c1-22-19-23(2)32(24(3)20-22)33-27-13-4-6-16-30(27)35(31-17-7-5-14-28(31)33)26-12-10-11-25(21-26)29-15-8-9-18-34-29/h4-21H,1-3H3. The molecule has 0 N–H and O–H groups in total. The number of para-hydroxylation sites is 2. The van der Waals surface area contributed by atoms with E-state index < -0.39 is 0 Å². The fraction of sp³-hybridized carbons (Fsp3) is 0.0938. The van der Waals surface area contributed by atoms with E-state index >= 15 is 0 Å². The summed E-state index contributed by atoms with van der Waals surface area (Å²) in [5, 5.41) is 0. The van der Waals surface area contributed by atoms with Crippen LogP contribution in [0.4, 0.5) is 17.1 Å². The van der Waals surface area contributed by atoms with Crippen LogP contribution in [0.25, 0.3) is 11.3 Å². The Morgan fingerprint density at radius 2 is 1.26 bits per heavy atom. The number of aromatic nitrogens is 1. The van der Waals surface area contributed by atoms with Crippen molar-refractivity contribution in [1.82, 2.24) is 4.98 Å². The normalized spacial score (nSPS) is 12.3. The molecule has 2 nitrogen and oxygen atoms in total. The average molecular weight is 450 g/mol. The number of fused-ring (bicyclic) bond motifs is 2. The zero-order chi connectivity index (χ0) is 23.9. The van der Waals surface area contributed by atoms with Crippen LogP contribution in [0.2, 0.25) is 0 Å². The molecule has 1 aromatic heterocycles. The summed E-state index contributed by atoms with van der Waals surface area (Å²) in [7, 11) is 0. The van der Waals surface area contributed by atoms with Gasteiger partial charge in [-0.05, 0) is 68.1 Å². The molecule has 0 bridgehead atoms. The number of hydrogen-bond acceptors (Lipinski definition) is 2. The fourth-order valence-corrected chi connectivity index (χ4v) is 5.74. The summed E-state index contributed by atoms with van der Waals surface area (Å²) in [5.74, 6) is 0. The highest BCUT2D eigenvalue weighted by atomic mass is 15.1. The van der Waals surface area contributed by atoms with Gasteiger partial charge >= 0.3 is 0 Å². The first-order valence-corrected chi connectivity index (χ1v) is 12.2. The van der Waals surface area contributed by atoms with Crippen LogP contribution < -0.4 is 21.3 Å². The summed E-state index contributed by atoms with van der Waals surface area (Å²) < 4.78 is 0. The minimum absolute atomic E-state index is 0.193. The largest absolute Gasteiger partial charge is 0.312 e. The van der Waals surface area contributed by atoms with Crippen molar-refractivity contribution in [1.29, 1.82) is 0 Å². The first-order valence-electron chi connectivity index (χ1n) is 12.2. The average Bonchev–Trinajstić information content (AvgIpc) is 2.88. The van der Waals surface area contributed by atoms with Gasteiger partial charge in [0.25, 0.3) is 0 Å². The second kappa shape index (κ2) is 8.59. The van der Waals surface area contributed by atoms with E-state index in [0.717, 1.165) is 16.9 Å². The molecule has 35 heavy (non-hydrogen) atoms. The number of anilines is 3. The van der Waals surface area contributed by atoms with Gasteiger partial charge in [-0.2, -0.15) is 0 Å². The molecule has 0 spiro atoms. The number of hydrogen-bond donors (Lipinski definition) is 0. The maximum Gasteiger partial charge on any atom is 0.247 e. The minimum atomic E-state index is 0.193. The molecule has 2 heterocycles. The number of benzene rings is 4. The summed E-state index contributed by atoms with van der Waals surface area (Å²) in [6, 6.07) is 37.1. The van der Waals surface area contributed by atoms with Crippen LogP contribution in [-0.4, -0.2) is 11.7 Å². The Kier molecular flexibility index (Phi) is 5.26. The predicted octanol–water partition coefficient (Wildman–Crippen LogP) is 5.97. The summed E-state index contributed by atoms with van der Waals surface area (Å²) in [6.07, 6.45) is 1.85. The van der Waals surface area contributed by atoms with Crippen molar-refractivity contribution in [3.05, 3.63) is 126 Å². The Morgan fingerprint density at radius 1 is 0.629 bits per heavy atom. The van der Waals surface area contributed by atoms with E-state index in [0.29, 0.717) is 0 Å². The van der Waals surface area contributed by atoms with Crippen molar-refractivity contribution >= 4 is 40.2 Å².